The summed E-state index contributed by atoms with van der Waals surface area (Å²) >= 11 is 0. The molecule has 0 radical (unpaired) electrons. The first-order valence-electron chi connectivity index (χ1n) is 5.91. The first-order valence-corrected chi connectivity index (χ1v) is 7.47. The fourth-order valence-electron chi connectivity index (χ4n) is 2.01. The number of amides is 1. The highest BCUT2D eigenvalue weighted by Crippen LogP contribution is 2.27. The van der Waals surface area contributed by atoms with E-state index in [1.54, 1.807) is 27.7 Å². The summed E-state index contributed by atoms with van der Waals surface area (Å²) in [5, 5.41) is 0. The summed E-state index contributed by atoms with van der Waals surface area (Å²) < 4.78 is 39.4. The Labute approximate surface area is 108 Å². The Kier molecular flexibility index (Phi) is 4.25. The van der Waals surface area contributed by atoms with Crippen molar-refractivity contribution in [2.75, 3.05) is 12.3 Å². The van der Waals surface area contributed by atoms with Gasteiger partial charge in [-0.1, -0.05) is 6.92 Å². The van der Waals surface area contributed by atoms with Gasteiger partial charge in [0.25, 0.3) is 0 Å². The molecule has 2 atom stereocenters. The van der Waals surface area contributed by atoms with Crippen molar-refractivity contribution in [1.29, 1.82) is 0 Å². The molecule has 18 heavy (non-hydrogen) atoms. The molecule has 0 aromatic heterocycles. The molecule has 1 aliphatic rings. The molecule has 5 nitrogen and oxygen atoms in total. The Hall–Kier alpha value is -0.850. The third kappa shape index (κ3) is 4.44. The topological polar surface area (TPSA) is 63.7 Å². The van der Waals surface area contributed by atoms with E-state index in [0.29, 0.717) is 13.0 Å². The SMILES string of the molecule is CC1CCN(C(=O)OC(C)(C)C)C1CS(=O)(=O)F. The number of halogens is 1. The first kappa shape index (κ1) is 15.2. The van der Waals surface area contributed by atoms with Gasteiger partial charge in [-0.05, 0) is 33.1 Å². The van der Waals surface area contributed by atoms with Crippen molar-refractivity contribution in [3.63, 3.8) is 0 Å². The maximum atomic E-state index is 12.8. The zero-order valence-corrected chi connectivity index (χ0v) is 12.0. The van der Waals surface area contributed by atoms with Gasteiger partial charge in [-0.25, -0.2) is 4.79 Å². The maximum absolute atomic E-state index is 12.8. The number of carbonyl (C=O) groups is 1. The second kappa shape index (κ2) is 5.03. The summed E-state index contributed by atoms with van der Waals surface area (Å²) in [4.78, 5) is 13.2. The van der Waals surface area contributed by atoms with Crippen molar-refractivity contribution >= 4 is 16.3 Å². The molecule has 7 heteroatoms. The molecule has 1 amide bonds. The van der Waals surface area contributed by atoms with Crippen LogP contribution in [0.5, 0.6) is 0 Å². The lowest BCUT2D eigenvalue weighted by atomic mass is 10.1. The zero-order valence-electron chi connectivity index (χ0n) is 11.1. The molecule has 1 fully saturated rings. The Balaban J connectivity index is 2.78. The summed E-state index contributed by atoms with van der Waals surface area (Å²) in [6.45, 7) is 7.39. The van der Waals surface area contributed by atoms with Crippen LogP contribution in [0, 0.1) is 5.92 Å². The minimum absolute atomic E-state index is 0.0527. The van der Waals surface area contributed by atoms with Crippen LogP contribution >= 0.6 is 0 Å². The predicted molar refractivity (Wildman–Crippen MR) is 65.4 cm³/mol. The number of carbonyl (C=O) groups excluding carboxylic acids is 1. The Morgan fingerprint density at radius 1 is 1.44 bits per heavy atom. The van der Waals surface area contributed by atoms with E-state index in [1.807, 2.05) is 0 Å². The Morgan fingerprint density at radius 3 is 2.44 bits per heavy atom. The largest absolute Gasteiger partial charge is 0.444 e. The molecule has 0 spiro atoms. The number of ether oxygens (including phenoxy) is 1. The van der Waals surface area contributed by atoms with Gasteiger partial charge in [-0.15, -0.1) is 3.89 Å². The van der Waals surface area contributed by atoms with Gasteiger partial charge < -0.3 is 9.64 Å². The van der Waals surface area contributed by atoms with Crippen molar-refractivity contribution in [1.82, 2.24) is 4.90 Å². The van der Waals surface area contributed by atoms with Crippen molar-refractivity contribution in [3.05, 3.63) is 0 Å². The number of likely N-dealkylation sites (tertiary alicyclic amines) is 1. The van der Waals surface area contributed by atoms with Gasteiger partial charge in [0.2, 0.25) is 0 Å². The molecule has 1 rings (SSSR count). The molecule has 0 aromatic carbocycles. The molecule has 0 saturated carbocycles. The molecule has 1 heterocycles. The van der Waals surface area contributed by atoms with Gasteiger partial charge in [0, 0.05) is 6.54 Å². The lowest BCUT2D eigenvalue weighted by Gasteiger charge is -2.29. The quantitative estimate of drug-likeness (QED) is 0.726. The molecule has 106 valence electrons. The molecule has 0 aromatic rings. The standard InChI is InChI=1S/C11H20FNO4S/c1-8-5-6-13(9(8)7-18(12,15)16)10(14)17-11(2,3)4/h8-9H,5-7H2,1-4H3. The normalized spacial score (nSPS) is 25.3. The summed E-state index contributed by atoms with van der Waals surface area (Å²) in [7, 11) is -4.60. The number of rotatable bonds is 2. The maximum Gasteiger partial charge on any atom is 0.410 e. The van der Waals surface area contributed by atoms with E-state index < -0.39 is 33.7 Å². The van der Waals surface area contributed by atoms with Crippen LogP contribution < -0.4 is 0 Å². The first-order chi connectivity index (χ1) is 7.99. The molecule has 0 N–H and O–H groups in total. The second-order valence-electron chi connectivity index (χ2n) is 5.71. The molecular weight excluding hydrogens is 261 g/mol. The highest BCUT2D eigenvalue weighted by Gasteiger charge is 2.39. The van der Waals surface area contributed by atoms with Crippen molar-refractivity contribution in [3.8, 4) is 0 Å². The fourth-order valence-corrected chi connectivity index (χ4v) is 2.93. The third-order valence-corrected chi connectivity index (χ3v) is 3.62. The van der Waals surface area contributed by atoms with Crippen LogP contribution in [-0.2, 0) is 15.0 Å². The highest BCUT2D eigenvalue weighted by atomic mass is 32.3. The molecule has 2 unspecified atom stereocenters. The average Bonchev–Trinajstić information content (AvgIpc) is 2.42. The minimum atomic E-state index is -4.60. The highest BCUT2D eigenvalue weighted by molar-refractivity contribution is 7.86. The molecular formula is C11H20FNO4S. The van der Waals surface area contributed by atoms with Gasteiger partial charge in [0.05, 0.1) is 6.04 Å². The zero-order chi connectivity index (χ0) is 14.1. The van der Waals surface area contributed by atoms with Crippen LogP contribution in [-0.4, -0.2) is 43.4 Å². The van der Waals surface area contributed by atoms with Crippen molar-refractivity contribution in [2.24, 2.45) is 5.92 Å². The van der Waals surface area contributed by atoms with Crippen LogP contribution in [0.1, 0.15) is 34.1 Å². The van der Waals surface area contributed by atoms with E-state index in [1.165, 1.54) is 4.90 Å². The molecule has 1 saturated heterocycles. The van der Waals surface area contributed by atoms with Crippen LogP contribution in [0.15, 0.2) is 0 Å². The van der Waals surface area contributed by atoms with E-state index in [0.717, 1.165) is 0 Å². The van der Waals surface area contributed by atoms with E-state index >= 15 is 0 Å². The van der Waals surface area contributed by atoms with Gasteiger partial charge in [-0.2, -0.15) is 8.42 Å². The predicted octanol–water partition coefficient (Wildman–Crippen LogP) is 1.93. The van der Waals surface area contributed by atoms with Crippen molar-refractivity contribution in [2.45, 2.75) is 45.8 Å². The van der Waals surface area contributed by atoms with Crippen LogP contribution in [0.4, 0.5) is 8.68 Å². The number of nitrogens with zero attached hydrogens (tertiary/aromatic N) is 1. The summed E-state index contributed by atoms with van der Waals surface area (Å²) in [6, 6.07) is -0.644. The Bertz CT molecular complexity index is 415. The van der Waals surface area contributed by atoms with E-state index in [2.05, 4.69) is 0 Å². The lowest BCUT2D eigenvalue weighted by molar-refractivity contribution is 0.0227. The summed E-state index contributed by atoms with van der Waals surface area (Å²) in [5.41, 5.74) is -0.651. The van der Waals surface area contributed by atoms with Gasteiger partial charge in [-0.3, -0.25) is 0 Å². The lowest BCUT2D eigenvalue weighted by Crippen LogP contribution is -2.43. The van der Waals surface area contributed by atoms with Crippen molar-refractivity contribution < 1.29 is 21.8 Å². The minimum Gasteiger partial charge on any atom is -0.444 e. The summed E-state index contributed by atoms with van der Waals surface area (Å²) in [6.07, 6.45) is 0.0693. The second-order valence-corrected chi connectivity index (χ2v) is 7.12. The smallest absolute Gasteiger partial charge is 0.410 e. The molecule has 1 aliphatic heterocycles. The summed E-state index contributed by atoms with van der Waals surface area (Å²) in [5.74, 6) is -0.712. The van der Waals surface area contributed by atoms with Crippen LogP contribution in [0.3, 0.4) is 0 Å². The van der Waals surface area contributed by atoms with Gasteiger partial charge in [0.1, 0.15) is 11.4 Å². The average molecular weight is 281 g/mol. The van der Waals surface area contributed by atoms with Crippen LogP contribution in [0.25, 0.3) is 0 Å². The number of hydrogen-bond acceptors (Lipinski definition) is 4. The van der Waals surface area contributed by atoms with E-state index in [-0.39, 0.29) is 5.92 Å². The third-order valence-electron chi connectivity index (χ3n) is 2.88. The fraction of sp³-hybridized carbons (Fsp3) is 0.909. The monoisotopic (exact) mass is 281 g/mol. The molecule has 0 aliphatic carbocycles. The number of hydrogen-bond donors (Lipinski definition) is 0. The van der Waals surface area contributed by atoms with Crippen LogP contribution in [0.2, 0.25) is 0 Å². The van der Waals surface area contributed by atoms with E-state index in [4.69, 9.17) is 4.74 Å². The van der Waals surface area contributed by atoms with Gasteiger partial charge >= 0.3 is 16.3 Å². The van der Waals surface area contributed by atoms with E-state index in [9.17, 15) is 17.1 Å². The Morgan fingerprint density at radius 2 is 2.00 bits per heavy atom. The molecule has 0 bridgehead atoms. The van der Waals surface area contributed by atoms with Gasteiger partial charge in [0.15, 0.2) is 0 Å².